The molecule has 1 aromatic carbocycles. The van der Waals surface area contributed by atoms with Gasteiger partial charge in [0.05, 0.1) is 21.3 Å². The lowest BCUT2D eigenvalue weighted by atomic mass is 10.3. The van der Waals surface area contributed by atoms with Crippen LogP contribution >= 0.6 is 0 Å². The molecule has 2 aromatic rings. The average molecular weight is 327 g/mol. The van der Waals surface area contributed by atoms with E-state index in [4.69, 9.17) is 9.47 Å². The maximum atomic E-state index is 9.22. The third-order valence-corrected chi connectivity index (χ3v) is 3.01. The van der Waals surface area contributed by atoms with Crippen LogP contribution in [0.3, 0.4) is 0 Å². The zero-order valence-electron chi connectivity index (χ0n) is 12.4. The lowest BCUT2D eigenvalue weighted by Gasteiger charge is -2.03. The van der Waals surface area contributed by atoms with Crippen molar-refractivity contribution >= 4 is 10.4 Å². The Morgan fingerprint density at radius 2 is 1.50 bits per heavy atom. The Hall–Kier alpha value is -2.16. The molecule has 0 atom stereocenters. The van der Waals surface area contributed by atoms with Gasteiger partial charge in [0, 0.05) is 18.2 Å². The summed E-state index contributed by atoms with van der Waals surface area (Å²) in [5.74, 6) is 1.68. The van der Waals surface area contributed by atoms with Crippen molar-refractivity contribution in [3.8, 4) is 17.2 Å². The van der Waals surface area contributed by atoms with Gasteiger partial charge in [0.2, 0.25) is 10.4 Å². The second-order valence-corrected chi connectivity index (χ2v) is 5.04. The molecule has 0 saturated carbocycles. The molecular formula is C14H17NO6S. The van der Waals surface area contributed by atoms with E-state index in [1.54, 1.807) is 14.2 Å². The van der Waals surface area contributed by atoms with Crippen molar-refractivity contribution in [3.63, 3.8) is 0 Å². The number of aromatic nitrogens is 1. The first kappa shape index (κ1) is 17.9. The van der Waals surface area contributed by atoms with E-state index in [0.717, 1.165) is 24.3 Å². The van der Waals surface area contributed by atoms with Crippen LogP contribution in [0.25, 0.3) is 5.69 Å². The Morgan fingerprint density at radius 1 is 0.955 bits per heavy atom. The van der Waals surface area contributed by atoms with Crippen LogP contribution in [0.2, 0.25) is 0 Å². The highest BCUT2D eigenvalue weighted by Crippen LogP contribution is 2.17. The summed E-state index contributed by atoms with van der Waals surface area (Å²) < 4.78 is 43.4. The topological polar surface area (TPSA) is 88.8 Å². The summed E-state index contributed by atoms with van der Waals surface area (Å²) in [5.41, 5.74) is 1.01. The van der Waals surface area contributed by atoms with Gasteiger partial charge in [0.15, 0.2) is 18.1 Å². The van der Waals surface area contributed by atoms with Gasteiger partial charge in [-0.05, 0) is 6.07 Å². The smallest absolute Gasteiger partial charge is 0.252 e. The molecule has 0 N–H and O–H groups in total. The SMILES string of the molecule is COS(=O)(=O)[O-].COc1cc[n+](-c2ccccc2OC)cc1. The maximum Gasteiger partial charge on any atom is 0.252 e. The molecular weight excluding hydrogens is 310 g/mol. The van der Waals surface area contributed by atoms with Crippen LogP contribution in [0.1, 0.15) is 0 Å². The Bertz CT molecular complexity index is 685. The van der Waals surface area contributed by atoms with E-state index < -0.39 is 10.4 Å². The number of rotatable bonds is 4. The van der Waals surface area contributed by atoms with Gasteiger partial charge >= 0.3 is 0 Å². The lowest BCUT2D eigenvalue weighted by Crippen LogP contribution is -2.29. The van der Waals surface area contributed by atoms with Gasteiger partial charge in [-0.1, -0.05) is 12.1 Å². The van der Waals surface area contributed by atoms with Crippen LogP contribution in [0.15, 0.2) is 48.8 Å². The van der Waals surface area contributed by atoms with Crippen molar-refractivity contribution in [3.05, 3.63) is 48.8 Å². The number of hydrogen-bond acceptors (Lipinski definition) is 6. The molecule has 0 aliphatic carbocycles. The third kappa shape index (κ3) is 5.68. The van der Waals surface area contributed by atoms with Crippen molar-refractivity contribution in [1.29, 1.82) is 0 Å². The van der Waals surface area contributed by atoms with Crippen LogP contribution in [0.4, 0.5) is 0 Å². The summed E-state index contributed by atoms with van der Waals surface area (Å²) >= 11 is 0. The number of ether oxygens (including phenoxy) is 2. The highest BCUT2D eigenvalue weighted by molar-refractivity contribution is 7.80. The molecule has 1 aromatic heterocycles. The van der Waals surface area contributed by atoms with E-state index in [0.29, 0.717) is 0 Å². The van der Waals surface area contributed by atoms with Crippen molar-refractivity contribution in [2.24, 2.45) is 0 Å². The molecule has 0 bridgehead atoms. The van der Waals surface area contributed by atoms with Crippen LogP contribution in [-0.2, 0) is 14.6 Å². The first-order valence-corrected chi connectivity index (χ1v) is 7.44. The van der Waals surface area contributed by atoms with Crippen molar-refractivity contribution in [2.45, 2.75) is 0 Å². The van der Waals surface area contributed by atoms with Crippen molar-refractivity contribution < 1.29 is 31.2 Å². The molecule has 0 spiro atoms. The van der Waals surface area contributed by atoms with Gasteiger partial charge in [-0.15, -0.1) is 0 Å². The zero-order valence-corrected chi connectivity index (χ0v) is 13.2. The molecule has 22 heavy (non-hydrogen) atoms. The Morgan fingerprint density at radius 3 is 1.95 bits per heavy atom. The Kier molecular flexibility index (Phi) is 6.77. The Labute approximate surface area is 129 Å². The summed E-state index contributed by atoms with van der Waals surface area (Å²) in [7, 11) is -0.279. The fraction of sp³-hybridized carbons (Fsp3) is 0.214. The van der Waals surface area contributed by atoms with Gasteiger partial charge < -0.3 is 14.0 Å². The highest BCUT2D eigenvalue weighted by atomic mass is 32.3. The number of para-hydroxylation sites is 2. The van der Waals surface area contributed by atoms with E-state index >= 15 is 0 Å². The minimum atomic E-state index is -4.41. The zero-order chi connectivity index (χ0) is 16.6. The minimum Gasteiger partial charge on any atom is -0.726 e. The normalized spacial score (nSPS) is 10.4. The van der Waals surface area contributed by atoms with Crippen molar-refractivity contribution in [2.75, 3.05) is 21.3 Å². The molecule has 2 rings (SSSR count). The van der Waals surface area contributed by atoms with E-state index in [2.05, 4.69) is 4.18 Å². The second-order valence-electron chi connectivity index (χ2n) is 3.89. The van der Waals surface area contributed by atoms with Crippen LogP contribution < -0.4 is 14.0 Å². The predicted octanol–water partition coefficient (Wildman–Crippen LogP) is 1.07. The largest absolute Gasteiger partial charge is 0.726 e. The number of pyridine rings is 1. The number of hydrogen-bond donors (Lipinski definition) is 0. The molecule has 7 nitrogen and oxygen atoms in total. The van der Waals surface area contributed by atoms with E-state index in [9.17, 15) is 13.0 Å². The number of nitrogens with zero attached hydrogens (tertiary/aromatic N) is 1. The molecule has 1 heterocycles. The fourth-order valence-electron chi connectivity index (χ4n) is 1.55. The lowest BCUT2D eigenvalue weighted by molar-refractivity contribution is -0.596. The van der Waals surface area contributed by atoms with E-state index in [1.807, 2.05) is 53.4 Å². The van der Waals surface area contributed by atoms with Crippen molar-refractivity contribution in [1.82, 2.24) is 0 Å². The van der Waals surface area contributed by atoms with Gasteiger partial charge in [0.1, 0.15) is 5.75 Å². The van der Waals surface area contributed by atoms with E-state index in [1.165, 1.54) is 0 Å². The maximum absolute atomic E-state index is 9.22. The molecule has 0 aliphatic rings. The standard InChI is InChI=1S/C13H14NO2.CH4O4S/c1-15-11-7-9-14(10-8-11)12-5-3-4-6-13(12)16-2;1-5-6(2,3)4/h3-10H,1-2H3;1H3,(H,2,3,4)/q+1;/p-1. The third-order valence-electron chi connectivity index (χ3n) is 2.60. The summed E-state index contributed by atoms with van der Waals surface area (Å²) in [4.78, 5) is 0. The second kappa shape index (κ2) is 8.32. The summed E-state index contributed by atoms with van der Waals surface area (Å²) in [6, 6.07) is 11.7. The molecule has 0 amide bonds. The summed E-state index contributed by atoms with van der Waals surface area (Å²) in [6.45, 7) is 0. The predicted molar refractivity (Wildman–Crippen MR) is 77.8 cm³/mol. The molecule has 0 saturated heterocycles. The molecule has 0 aliphatic heterocycles. The molecule has 120 valence electrons. The first-order chi connectivity index (χ1) is 10.4. The number of benzene rings is 1. The molecule has 8 heteroatoms. The fourth-order valence-corrected chi connectivity index (χ4v) is 1.55. The first-order valence-electron chi connectivity index (χ1n) is 6.11. The van der Waals surface area contributed by atoms with Crippen LogP contribution in [0.5, 0.6) is 11.5 Å². The number of methoxy groups -OCH3 is 2. The quantitative estimate of drug-likeness (QED) is 0.474. The minimum absolute atomic E-state index is 0.808. The monoisotopic (exact) mass is 327 g/mol. The summed E-state index contributed by atoms with van der Waals surface area (Å²) in [5, 5.41) is 0. The van der Waals surface area contributed by atoms with Gasteiger partial charge in [-0.2, -0.15) is 4.57 Å². The highest BCUT2D eigenvalue weighted by Gasteiger charge is 2.11. The van der Waals surface area contributed by atoms with E-state index in [-0.39, 0.29) is 0 Å². The van der Waals surface area contributed by atoms with Gasteiger partial charge in [-0.3, -0.25) is 4.18 Å². The molecule has 0 fully saturated rings. The summed E-state index contributed by atoms with van der Waals surface area (Å²) in [6.07, 6.45) is 3.88. The molecule has 0 radical (unpaired) electrons. The van der Waals surface area contributed by atoms with Gasteiger partial charge in [0.25, 0.3) is 5.69 Å². The van der Waals surface area contributed by atoms with Crippen LogP contribution in [0, 0.1) is 0 Å². The van der Waals surface area contributed by atoms with Gasteiger partial charge in [-0.25, -0.2) is 8.42 Å². The Balaban J connectivity index is 0.000000346. The van der Waals surface area contributed by atoms with Crippen LogP contribution in [-0.4, -0.2) is 34.3 Å². The molecule has 0 unspecified atom stereocenters. The average Bonchev–Trinajstić information content (AvgIpc) is 2.55.